The van der Waals surface area contributed by atoms with Crippen LogP contribution in [0.25, 0.3) is 0 Å². The van der Waals surface area contributed by atoms with Gasteiger partial charge in [0.15, 0.2) is 11.6 Å². The van der Waals surface area contributed by atoms with Crippen molar-refractivity contribution in [1.29, 1.82) is 0 Å². The van der Waals surface area contributed by atoms with Crippen LogP contribution >= 0.6 is 0 Å². The highest BCUT2D eigenvalue weighted by molar-refractivity contribution is 6.06. The fraction of sp³-hybridized carbons (Fsp3) is 0.667. The van der Waals surface area contributed by atoms with E-state index < -0.39 is 16.8 Å². The molecule has 0 N–H and O–H groups in total. The maximum absolute atomic E-state index is 14.5. The highest BCUT2D eigenvalue weighted by atomic mass is 19.1. The van der Waals surface area contributed by atoms with Crippen LogP contribution in [0.4, 0.5) is 9.18 Å². The minimum absolute atomic E-state index is 0.0294. The molecule has 2 aliphatic heterocycles. The maximum Gasteiger partial charge on any atom is 0.410 e. The van der Waals surface area contributed by atoms with Crippen LogP contribution in [0.1, 0.15) is 65.4 Å². The van der Waals surface area contributed by atoms with Gasteiger partial charge >= 0.3 is 6.09 Å². The molecule has 2 amide bonds. The summed E-state index contributed by atoms with van der Waals surface area (Å²) in [4.78, 5) is 30.2. The molecular weight excluding hydrogens is 463 g/mol. The van der Waals surface area contributed by atoms with E-state index in [9.17, 15) is 14.0 Å². The molecular formula is C27H39FN4O4. The highest BCUT2D eigenvalue weighted by Crippen LogP contribution is 2.37. The van der Waals surface area contributed by atoms with E-state index in [1.54, 1.807) is 16.0 Å². The van der Waals surface area contributed by atoms with Gasteiger partial charge in [-0.25, -0.2) is 14.2 Å². The Hall–Kier alpha value is -2.68. The smallest absolute Gasteiger partial charge is 0.410 e. The standard InChI is InChI=1S/C27H39FN4O4/c1-26(2,3)36-25(34)31-14-12-30(13-15-31)18-27(4)17-22(19-10-11-23(35-5)21(28)16-19)29-32(24(27)33)20-8-6-7-9-20/h10-11,16,20H,6-9,12-15,17-18H2,1-5H3. The largest absolute Gasteiger partial charge is 0.494 e. The van der Waals surface area contributed by atoms with Crippen molar-refractivity contribution in [2.24, 2.45) is 10.5 Å². The molecule has 0 spiro atoms. The number of nitrogens with zero attached hydrogens (tertiary/aromatic N) is 4. The van der Waals surface area contributed by atoms with Gasteiger partial charge in [0.2, 0.25) is 0 Å². The van der Waals surface area contributed by atoms with Crippen LogP contribution in [-0.4, -0.2) is 84.0 Å². The maximum atomic E-state index is 14.5. The zero-order valence-electron chi connectivity index (χ0n) is 22.2. The van der Waals surface area contributed by atoms with Crippen LogP contribution in [0.2, 0.25) is 0 Å². The van der Waals surface area contributed by atoms with E-state index in [2.05, 4.69) is 4.90 Å². The van der Waals surface area contributed by atoms with Crippen molar-refractivity contribution < 1.29 is 23.5 Å². The summed E-state index contributed by atoms with van der Waals surface area (Å²) in [5, 5.41) is 6.46. The number of rotatable bonds is 5. The Balaban J connectivity index is 1.51. The Morgan fingerprint density at radius 1 is 1.17 bits per heavy atom. The molecule has 4 rings (SSSR count). The Morgan fingerprint density at radius 2 is 1.83 bits per heavy atom. The molecule has 0 bridgehead atoms. The number of ether oxygens (including phenoxy) is 2. The number of halogens is 1. The van der Waals surface area contributed by atoms with Crippen LogP contribution in [-0.2, 0) is 9.53 Å². The van der Waals surface area contributed by atoms with Gasteiger partial charge in [-0.3, -0.25) is 9.69 Å². The molecule has 0 radical (unpaired) electrons. The first-order chi connectivity index (χ1) is 17.0. The molecule has 1 aromatic carbocycles. The number of hydrogen-bond donors (Lipinski definition) is 0. The zero-order chi connectivity index (χ0) is 26.1. The normalized spacial score (nSPS) is 24.2. The summed E-state index contributed by atoms with van der Waals surface area (Å²) in [6.45, 7) is 10.6. The molecule has 1 aromatic rings. The number of piperazine rings is 1. The number of hydrazone groups is 1. The van der Waals surface area contributed by atoms with Gasteiger partial charge in [0.25, 0.3) is 5.91 Å². The topological polar surface area (TPSA) is 74.7 Å². The van der Waals surface area contributed by atoms with Crippen molar-refractivity contribution in [2.45, 2.75) is 71.4 Å². The number of benzene rings is 1. The third kappa shape index (κ3) is 5.82. The van der Waals surface area contributed by atoms with Crippen molar-refractivity contribution in [1.82, 2.24) is 14.8 Å². The lowest BCUT2D eigenvalue weighted by Crippen LogP contribution is -2.57. The molecule has 2 fully saturated rings. The predicted molar refractivity (Wildman–Crippen MR) is 136 cm³/mol. The van der Waals surface area contributed by atoms with E-state index in [1.165, 1.54) is 13.2 Å². The Morgan fingerprint density at radius 3 is 2.42 bits per heavy atom. The monoisotopic (exact) mass is 502 g/mol. The Bertz CT molecular complexity index is 1010. The van der Waals surface area contributed by atoms with Crippen LogP contribution in [0.15, 0.2) is 23.3 Å². The lowest BCUT2D eigenvalue weighted by molar-refractivity contribution is -0.146. The van der Waals surface area contributed by atoms with Gasteiger partial charge in [0.05, 0.1) is 24.3 Å². The highest BCUT2D eigenvalue weighted by Gasteiger charge is 2.46. The Kier molecular flexibility index (Phi) is 7.59. The van der Waals surface area contributed by atoms with E-state index in [1.807, 2.05) is 33.8 Å². The minimum atomic E-state index is -0.704. The number of carbonyl (C=O) groups is 2. The zero-order valence-corrected chi connectivity index (χ0v) is 22.2. The number of amides is 2. The van der Waals surface area contributed by atoms with Gasteiger partial charge in [0.1, 0.15) is 5.60 Å². The average Bonchev–Trinajstić information content (AvgIpc) is 3.35. The first kappa shape index (κ1) is 26.4. The van der Waals surface area contributed by atoms with E-state index in [4.69, 9.17) is 14.6 Å². The summed E-state index contributed by atoms with van der Waals surface area (Å²) in [5.74, 6) is -0.229. The van der Waals surface area contributed by atoms with Gasteiger partial charge in [-0.1, -0.05) is 12.8 Å². The summed E-state index contributed by atoms with van der Waals surface area (Å²) < 4.78 is 25.1. The number of hydrogen-bond acceptors (Lipinski definition) is 6. The third-order valence-electron chi connectivity index (χ3n) is 7.26. The fourth-order valence-electron chi connectivity index (χ4n) is 5.37. The predicted octanol–water partition coefficient (Wildman–Crippen LogP) is 4.27. The summed E-state index contributed by atoms with van der Waals surface area (Å²) >= 11 is 0. The number of carbonyl (C=O) groups excluding carboxylic acids is 2. The summed E-state index contributed by atoms with van der Waals surface area (Å²) in [5.41, 5.74) is 0.156. The van der Waals surface area contributed by atoms with Crippen LogP contribution in [0, 0.1) is 11.2 Å². The second-order valence-electron chi connectivity index (χ2n) is 11.5. The minimum Gasteiger partial charge on any atom is -0.494 e. The summed E-state index contributed by atoms with van der Waals surface area (Å²) in [6, 6.07) is 4.94. The van der Waals surface area contributed by atoms with E-state index in [0.29, 0.717) is 44.7 Å². The molecule has 1 unspecified atom stereocenters. The Labute approximate surface area is 213 Å². The van der Waals surface area contributed by atoms with Gasteiger partial charge < -0.3 is 14.4 Å². The summed E-state index contributed by atoms with van der Waals surface area (Å²) in [7, 11) is 1.44. The molecule has 36 heavy (non-hydrogen) atoms. The lowest BCUT2D eigenvalue weighted by Gasteiger charge is -2.44. The van der Waals surface area contributed by atoms with Gasteiger partial charge in [0, 0.05) is 44.7 Å². The fourth-order valence-corrected chi connectivity index (χ4v) is 5.37. The average molecular weight is 503 g/mol. The molecule has 1 saturated heterocycles. The second kappa shape index (κ2) is 10.4. The van der Waals surface area contributed by atoms with Gasteiger partial charge in [-0.15, -0.1) is 0 Å². The first-order valence-corrected chi connectivity index (χ1v) is 12.9. The van der Waals surface area contributed by atoms with Crippen molar-refractivity contribution in [2.75, 3.05) is 39.8 Å². The third-order valence-corrected chi connectivity index (χ3v) is 7.26. The van der Waals surface area contributed by atoms with Gasteiger partial charge in [-0.2, -0.15) is 5.10 Å². The molecule has 0 aromatic heterocycles. The molecule has 8 nitrogen and oxygen atoms in total. The van der Waals surface area contributed by atoms with Crippen molar-refractivity contribution in [3.8, 4) is 5.75 Å². The lowest BCUT2D eigenvalue weighted by atomic mass is 9.79. The van der Waals surface area contributed by atoms with Crippen molar-refractivity contribution in [3.63, 3.8) is 0 Å². The molecule has 1 aliphatic carbocycles. The molecule has 3 aliphatic rings. The van der Waals surface area contributed by atoms with E-state index in [-0.39, 0.29) is 23.8 Å². The molecule has 198 valence electrons. The van der Waals surface area contributed by atoms with Crippen molar-refractivity contribution in [3.05, 3.63) is 29.6 Å². The molecule has 2 heterocycles. The molecule has 1 saturated carbocycles. The first-order valence-electron chi connectivity index (χ1n) is 12.9. The quantitative estimate of drug-likeness (QED) is 0.601. The SMILES string of the molecule is COc1ccc(C2=NN(C3CCCC3)C(=O)C(C)(CN3CCN(C(=O)OC(C)(C)C)CC3)C2)cc1F. The number of methoxy groups -OCH3 is 1. The van der Waals surface area contributed by atoms with Crippen molar-refractivity contribution >= 4 is 17.7 Å². The van der Waals surface area contributed by atoms with Crippen LogP contribution in [0.5, 0.6) is 5.75 Å². The van der Waals surface area contributed by atoms with Gasteiger partial charge in [-0.05, 0) is 58.7 Å². The molecule has 9 heteroatoms. The summed E-state index contributed by atoms with van der Waals surface area (Å²) in [6.07, 6.45) is 4.16. The van der Waals surface area contributed by atoms with Crippen LogP contribution in [0.3, 0.4) is 0 Å². The molecule has 1 atom stereocenters. The second-order valence-corrected chi connectivity index (χ2v) is 11.5. The van der Waals surface area contributed by atoms with Crippen LogP contribution < -0.4 is 4.74 Å². The van der Waals surface area contributed by atoms with E-state index >= 15 is 0 Å². The van der Waals surface area contributed by atoms with E-state index in [0.717, 1.165) is 31.4 Å².